The number of nitrogens with one attached hydrogen (secondary N) is 1. The average Bonchev–Trinajstić information content (AvgIpc) is 2.10. The molecule has 0 aliphatic rings. The van der Waals surface area contributed by atoms with E-state index in [4.69, 9.17) is 0 Å². The van der Waals surface area contributed by atoms with Gasteiger partial charge in [-0.3, -0.25) is 0 Å². The zero-order chi connectivity index (χ0) is 17.7. The summed E-state index contributed by atoms with van der Waals surface area (Å²) in [6.45, 7) is 0. The molecule has 0 rings (SSSR count). The maximum absolute atomic E-state index is 12.8. The van der Waals surface area contributed by atoms with Gasteiger partial charge in [0.05, 0.1) is 0 Å². The first-order valence-corrected chi connectivity index (χ1v) is 7.68. The predicted molar refractivity (Wildman–Crippen MR) is 47.7 cm³/mol. The average molecular weight is 398 g/mol. The fourth-order valence-corrected chi connectivity index (χ4v) is 3.39. The van der Waals surface area contributed by atoms with E-state index in [-0.39, 0.29) is 4.13 Å². The van der Waals surface area contributed by atoms with Crippen LogP contribution in [0.5, 0.6) is 0 Å². The van der Waals surface area contributed by atoms with Gasteiger partial charge >= 0.3 is 32.5 Å². The summed E-state index contributed by atoms with van der Waals surface area (Å²) in [6, 6.07) is 0. The van der Waals surface area contributed by atoms with Gasteiger partial charge in [0.1, 0.15) is 0 Å². The summed E-state index contributed by atoms with van der Waals surface area (Å²) in [7, 11) is -8.89. The lowest BCUT2D eigenvalue weighted by Crippen LogP contribution is -2.65. The summed E-state index contributed by atoms with van der Waals surface area (Å²) in [4.78, 5) is 0. The number of halogens is 10. The second kappa shape index (κ2) is 5.02. The monoisotopic (exact) mass is 397 g/mol. The van der Waals surface area contributed by atoms with Crippen molar-refractivity contribution in [1.29, 1.82) is 0 Å². The molecule has 0 aromatic heterocycles. The molecule has 0 amide bonds. The minimum Gasteiger partial charge on any atom is -0.205 e. The molecule has 0 aliphatic carbocycles. The van der Waals surface area contributed by atoms with Gasteiger partial charge in [0, 0.05) is 10.7 Å². The van der Waals surface area contributed by atoms with Crippen molar-refractivity contribution in [2.45, 2.75) is 23.3 Å². The molecule has 0 atom stereocenters. The van der Waals surface area contributed by atoms with E-state index in [1.54, 1.807) is 0 Å². The molecule has 0 saturated heterocycles. The minimum absolute atomic E-state index is 0.355. The lowest BCUT2D eigenvalue weighted by molar-refractivity contribution is -0.382. The fourth-order valence-electron chi connectivity index (χ4n) is 0.713. The van der Waals surface area contributed by atoms with Gasteiger partial charge in [0.2, 0.25) is 0 Å². The van der Waals surface area contributed by atoms with Crippen LogP contribution >= 0.6 is 10.7 Å². The van der Waals surface area contributed by atoms with E-state index in [1.165, 1.54) is 0 Å². The molecule has 21 heavy (non-hydrogen) atoms. The van der Waals surface area contributed by atoms with Gasteiger partial charge in [-0.2, -0.15) is 47.9 Å². The van der Waals surface area contributed by atoms with E-state index in [0.29, 0.717) is 0 Å². The Labute approximate surface area is 114 Å². The Morgan fingerprint density at radius 3 is 1.29 bits per heavy atom. The van der Waals surface area contributed by atoms with Crippen LogP contribution in [0.2, 0.25) is 0 Å². The Kier molecular flexibility index (Phi) is 4.91. The largest absolute Gasteiger partial charge is 0.460 e. The summed E-state index contributed by atoms with van der Waals surface area (Å²) in [5.41, 5.74) is 0. The summed E-state index contributed by atoms with van der Waals surface area (Å²) >= 11 is 0. The lowest BCUT2D eigenvalue weighted by Gasteiger charge is -2.32. The zero-order valence-corrected chi connectivity index (χ0v) is 11.1. The van der Waals surface area contributed by atoms with E-state index in [0.717, 1.165) is 0 Å². The molecule has 0 aromatic rings. The van der Waals surface area contributed by atoms with Crippen molar-refractivity contribution in [2.75, 3.05) is 0 Å². The lowest BCUT2D eigenvalue weighted by atomic mass is 10.1. The van der Waals surface area contributed by atoms with E-state index in [1.807, 2.05) is 0 Å². The highest BCUT2D eigenvalue weighted by molar-refractivity contribution is 8.19. The van der Waals surface area contributed by atoms with Gasteiger partial charge in [-0.15, -0.1) is 0 Å². The highest BCUT2D eigenvalue weighted by Crippen LogP contribution is 2.54. The number of hydrogen-bond acceptors (Lipinski definition) is 4. The van der Waals surface area contributed by atoms with Crippen LogP contribution in [-0.2, 0) is 19.3 Å². The molecule has 0 spiro atoms. The number of sulfonamides is 1. The van der Waals surface area contributed by atoms with Gasteiger partial charge in [-0.05, 0) is 0 Å². The van der Waals surface area contributed by atoms with Gasteiger partial charge < -0.3 is 0 Å². The molecule has 0 bridgehead atoms. The van der Waals surface area contributed by atoms with E-state index in [9.17, 15) is 56.3 Å². The Bertz CT molecular complexity index is 608. The zero-order valence-electron chi connectivity index (χ0n) is 8.73. The SMILES string of the molecule is O=S(=O)(Cl)NS(=O)(=O)C(F)(F)C(F)(F)C(F)(F)C(F)(F)F. The van der Waals surface area contributed by atoms with Crippen molar-refractivity contribution in [1.82, 2.24) is 4.13 Å². The summed E-state index contributed by atoms with van der Waals surface area (Å²) < 4.78 is 152. The van der Waals surface area contributed by atoms with Crippen LogP contribution in [-0.4, -0.2) is 40.1 Å². The van der Waals surface area contributed by atoms with Crippen LogP contribution in [0.25, 0.3) is 0 Å². The molecular formula is C4HClF9NO4S2. The van der Waals surface area contributed by atoms with Crippen molar-refractivity contribution >= 4 is 29.9 Å². The Morgan fingerprint density at radius 2 is 1.05 bits per heavy atom. The van der Waals surface area contributed by atoms with Gasteiger partial charge in [-0.25, -0.2) is 8.42 Å². The first kappa shape index (κ1) is 20.5. The summed E-state index contributed by atoms with van der Waals surface area (Å²) in [5, 5.41) is -7.17. The van der Waals surface area contributed by atoms with E-state index < -0.39 is 42.5 Å². The Morgan fingerprint density at radius 1 is 0.714 bits per heavy atom. The third-order valence-electron chi connectivity index (χ3n) is 1.66. The molecular weight excluding hydrogens is 397 g/mol. The normalized spacial score (nSPS) is 16.1. The van der Waals surface area contributed by atoms with Crippen molar-refractivity contribution < 1.29 is 56.3 Å². The third kappa shape index (κ3) is 3.48. The van der Waals surface area contributed by atoms with Crippen molar-refractivity contribution in [2.24, 2.45) is 0 Å². The molecule has 1 N–H and O–H groups in total. The van der Waals surface area contributed by atoms with Crippen LogP contribution in [0.4, 0.5) is 39.5 Å². The highest BCUT2D eigenvalue weighted by Gasteiger charge is 2.85. The first-order chi connectivity index (χ1) is 8.71. The second-order valence-corrected chi connectivity index (χ2v) is 7.47. The Balaban J connectivity index is 6.14. The molecule has 5 nitrogen and oxygen atoms in total. The van der Waals surface area contributed by atoms with Gasteiger partial charge in [0.25, 0.3) is 10.0 Å². The topological polar surface area (TPSA) is 80.3 Å². The number of rotatable bonds is 5. The minimum atomic E-state index is -7.54. The standard InChI is InChI=1S/C4HClF9NO4S2/c5-21(18,19)15-20(16,17)4(13,14)2(8,9)1(6,7)3(10,11)12/h15H. The third-order valence-corrected chi connectivity index (χ3v) is 4.83. The first-order valence-electron chi connectivity index (χ1n) is 3.88. The molecule has 128 valence electrons. The molecule has 0 fully saturated rings. The van der Waals surface area contributed by atoms with Crippen molar-refractivity contribution in [3.8, 4) is 0 Å². The molecule has 0 aromatic carbocycles. The van der Waals surface area contributed by atoms with Crippen molar-refractivity contribution in [3.63, 3.8) is 0 Å². The van der Waals surface area contributed by atoms with E-state index >= 15 is 0 Å². The van der Waals surface area contributed by atoms with Crippen LogP contribution in [0.15, 0.2) is 0 Å². The Hall–Kier alpha value is -0.480. The molecule has 0 radical (unpaired) electrons. The fraction of sp³-hybridized carbons (Fsp3) is 1.00. The van der Waals surface area contributed by atoms with Gasteiger partial charge in [0.15, 0.2) is 0 Å². The smallest absolute Gasteiger partial charge is 0.205 e. The van der Waals surface area contributed by atoms with Crippen LogP contribution < -0.4 is 4.13 Å². The van der Waals surface area contributed by atoms with E-state index in [2.05, 4.69) is 10.7 Å². The molecule has 0 aliphatic heterocycles. The van der Waals surface area contributed by atoms with Crippen LogP contribution in [0.3, 0.4) is 0 Å². The van der Waals surface area contributed by atoms with Crippen LogP contribution in [0.1, 0.15) is 0 Å². The number of alkyl halides is 9. The predicted octanol–water partition coefficient (Wildman–Crippen LogP) is 1.82. The molecule has 0 saturated carbocycles. The van der Waals surface area contributed by atoms with Gasteiger partial charge in [-0.1, -0.05) is 4.13 Å². The highest BCUT2D eigenvalue weighted by atomic mass is 35.7. The number of hydrogen-bond donors (Lipinski definition) is 1. The molecule has 17 heteroatoms. The van der Waals surface area contributed by atoms with Crippen LogP contribution in [0, 0.1) is 0 Å². The summed E-state index contributed by atoms with van der Waals surface area (Å²) in [6.07, 6.45) is -7.25. The molecule has 0 heterocycles. The molecule has 0 unspecified atom stereocenters. The quantitative estimate of drug-likeness (QED) is 0.567. The maximum atomic E-state index is 12.8. The van der Waals surface area contributed by atoms with Crippen molar-refractivity contribution in [3.05, 3.63) is 0 Å². The maximum Gasteiger partial charge on any atom is 0.460 e. The second-order valence-electron chi connectivity index (χ2n) is 3.19. The summed E-state index contributed by atoms with van der Waals surface area (Å²) in [5.74, 6) is -15.0.